The molecule has 5 nitrogen and oxygen atoms in total. The molecule has 24 heavy (non-hydrogen) atoms. The monoisotopic (exact) mass is 363 g/mol. The molecular formula is C17H14ClNO4S. The molecular weight excluding hydrogens is 350 g/mol. The first-order chi connectivity index (χ1) is 11.4. The molecule has 0 aliphatic heterocycles. The molecule has 2 rings (SSSR count). The van der Waals surface area contributed by atoms with Crippen molar-refractivity contribution in [2.24, 2.45) is 0 Å². The number of benzene rings is 2. The highest BCUT2D eigenvalue weighted by Gasteiger charge is 2.14. The van der Waals surface area contributed by atoms with Gasteiger partial charge in [0.25, 0.3) is 0 Å². The van der Waals surface area contributed by atoms with Crippen molar-refractivity contribution in [1.82, 2.24) is 4.72 Å². The lowest BCUT2D eigenvalue weighted by atomic mass is 10.2. The van der Waals surface area contributed by atoms with E-state index in [1.165, 1.54) is 31.4 Å². The van der Waals surface area contributed by atoms with Gasteiger partial charge < -0.3 is 4.74 Å². The summed E-state index contributed by atoms with van der Waals surface area (Å²) in [5.41, 5.74) is 0.899. The summed E-state index contributed by atoms with van der Waals surface area (Å²) in [4.78, 5) is 11.4. The summed E-state index contributed by atoms with van der Waals surface area (Å²) >= 11 is 5.96. The van der Waals surface area contributed by atoms with E-state index in [1.54, 1.807) is 24.3 Å². The van der Waals surface area contributed by atoms with Gasteiger partial charge in [0, 0.05) is 5.56 Å². The molecule has 0 saturated carbocycles. The minimum absolute atomic E-state index is 0.0368. The fourth-order valence-corrected chi connectivity index (χ4v) is 2.91. The summed E-state index contributed by atoms with van der Waals surface area (Å²) < 4.78 is 31.2. The van der Waals surface area contributed by atoms with Crippen LogP contribution in [0.1, 0.15) is 15.9 Å². The lowest BCUT2D eigenvalue weighted by Gasteiger charge is -2.05. The van der Waals surface area contributed by atoms with Gasteiger partial charge in [0.2, 0.25) is 10.0 Å². The molecule has 0 aliphatic rings. The van der Waals surface area contributed by atoms with E-state index in [0.29, 0.717) is 10.6 Å². The maximum Gasteiger partial charge on any atom is 0.337 e. The van der Waals surface area contributed by atoms with Gasteiger partial charge in [-0.3, -0.25) is 0 Å². The number of methoxy groups -OCH3 is 1. The highest BCUT2D eigenvalue weighted by atomic mass is 35.5. The number of carbonyl (C=O) groups excluding carboxylic acids is 1. The van der Waals surface area contributed by atoms with E-state index in [4.69, 9.17) is 11.6 Å². The second-order valence-corrected chi connectivity index (χ2v) is 6.80. The number of hydrogen-bond donors (Lipinski definition) is 1. The predicted molar refractivity (Wildman–Crippen MR) is 91.3 cm³/mol. The lowest BCUT2D eigenvalue weighted by Crippen LogP contribution is -2.24. The van der Waals surface area contributed by atoms with Crippen molar-refractivity contribution < 1.29 is 17.9 Å². The fourth-order valence-electron chi connectivity index (χ4n) is 1.80. The number of halogens is 1. The topological polar surface area (TPSA) is 72.5 Å². The van der Waals surface area contributed by atoms with Crippen LogP contribution in [0.15, 0.2) is 53.4 Å². The van der Waals surface area contributed by atoms with Crippen molar-refractivity contribution >= 4 is 27.6 Å². The third kappa shape index (κ3) is 4.59. The summed E-state index contributed by atoms with van der Waals surface area (Å²) in [6.45, 7) is -0.0632. The fraction of sp³-hybridized carbons (Fsp3) is 0.118. The summed E-state index contributed by atoms with van der Waals surface area (Å²) in [6.07, 6.45) is 0. The van der Waals surface area contributed by atoms with Gasteiger partial charge in [-0.05, 0) is 36.4 Å². The van der Waals surface area contributed by atoms with Crippen molar-refractivity contribution in [2.75, 3.05) is 13.7 Å². The van der Waals surface area contributed by atoms with Gasteiger partial charge in [-0.25, -0.2) is 13.2 Å². The number of ether oxygens (including phenoxy) is 1. The van der Waals surface area contributed by atoms with E-state index < -0.39 is 16.0 Å². The first-order valence-electron chi connectivity index (χ1n) is 6.85. The molecule has 0 saturated heterocycles. The molecule has 0 heterocycles. The van der Waals surface area contributed by atoms with E-state index in [9.17, 15) is 13.2 Å². The Balaban J connectivity index is 2.04. The van der Waals surface area contributed by atoms with Crippen molar-refractivity contribution in [3.05, 3.63) is 64.7 Å². The summed E-state index contributed by atoms with van der Waals surface area (Å²) in [7, 11) is -2.46. The Kier molecular flexibility index (Phi) is 5.99. The highest BCUT2D eigenvalue weighted by Crippen LogP contribution is 2.13. The van der Waals surface area contributed by atoms with Crippen LogP contribution >= 0.6 is 11.6 Å². The zero-order chi connectivity index (χ0) is 17.6. The van der Waals surface area contributed by atoms with Gasteiger partial charge in [0.05, 0.1) is 29.1 Å². The number of esters is 1. The Morgan fingerprint density at radius 1 is 1.17 bits per heavy atom. The van der Waals surface area contributed by atoms with E-state index >= 15 is 0 Å². The van der Waals surface area contributed by atoms with Crippen LogP contribution in [0.4, 0.5) is 0 Å². The zero-order valence-corrected chi connectivity index (χ0v) is 14.3. The van der Waals surface area contributed by atoms with Crippen LogP contribution in [0.5, 0.6) is 0 Å². The molecule has 0 aromatic heterocycles. The molecule has 0 unspecified atom stereocenters. The Morgan fingerprint density at radius 3 is 2.46 bits per heavy atom. The van der Waals surface area contributed by atoms with Crippen molar-refractivity contribution in [2.45, 2.75) is 4.90 Å². The molecule has 7 heteroatoms. The van der Waals surface area contributed by atoms with Crippen LogP contribution in [-0.4, -0.2) is 28.0 Å². The predicted octanol–water partition coefficient (Wildman–Crippen LogP) is 2.46. The Bertz CT molecular complexity index is 896. The summed E-state index contributed by atoms with van der Waals surface area (Å²) in [5.74, 6) is 4.98. The van der Waals surface area contributed by atoms with Crippen LogP contribution in [-0.2, 0) is 14.8 Å². The summed E-state index contributed by atoms with van der Waals surface area (Å²) in [6, 6.07) is 12.5. The van der Waals surface area contributed by atoms with Gasteiger partial charge in [-0.2, -0.15) is 4.72 Å². The average Bonchev–Trinajstić information content (AvgIpc) is 2.59. The number of carbonyl (C=O) groups is 1. The largest absolute Gasteiger partial charge is 0.465 e. The minimum Gasteiger partial charge on any atom is -0.465 e. The molecule has 0 bridgehead atoms. The Labute approximate surface area is 145 Å². The molecule has 124 valence electrons. The quantitative estimate of drug-likeness (QED) is 0.669. The van der Waals surface area contributed by atoms with Gasteiger partial charge in [-0.1, -0.05) is 35.6 Å². The third-order valence-electron chi connectivity index (χ3n) is 3.03. The Morgan fingerprint density at radius 2 is 1.83 bits per heavy atom. The van der Waals surface area contributed by atoms with Gasteiger partial charge >= 0.3 is 5.97 Å². The lowest BCUT2D eigenvalue weighted by molar-refractivity contribution is 0.0600. The van der Waals surface area contributed by atoms with E-state index in [1.807, 2.05) is 0 Å². The molecule has 2 aromatic carbocycles. The minimum atomic E-state index is -3.71. The van der Waals surface area contributed by atoms with Crippen LogP contribution in [0.3, 0.4) is 0 Å². The van der Waals surface area contributed by atoms with Crippen LogP contribution in [0.2, 0.25) is 5.02 Å². The van der Waals surface area contributed by atoms with E-state index in [-0.39, 0.29) is 17.0 Å². The van der Waals surface area contributed by atoms with Crippen molar-refractivity contribution in [3.63, 3.8) is 0 Å². The van der Waals surface area contributed by atoms with Crippen molar-refractivity contribution in [1.29, 1.82) is 0 Å². The van der Waals surface area contributed by atoms with E-state index in [2.05, 4.69) is 21.3 Å². The first kappa shape index (κ1) is 18.0. The second kappa shape index (κ2) is 7.97. The smallest absolute Gasteiger partial charge is 0.337 e. The normalized spacial score (nSPS) is 10.6. The Hall–Kier alpha value is -2.33. The molecule has 0 atom stereocenters. The molecule has 0 fully saturated rings. The SMILES string of the molecule is COC(=O)c1ccc(S(=O)(=O)NCC#Cc2ccccc2Cl)cc1. The second-order valence-electron chi connectivity index (χ2n) is 4.62. The molecule has 1 N–H and O–H groups in total. The maximum atomic E-state index is 12.1. The van der Waals surface area contributed by atoms with Gasteiger partial charge in [0.15, 0.2) is 0 Å². The van der Waals surface area contributed by atoms with Crippen LogP contribution in [0.25, 0.3) is 0 Å². The molecule has 0 radical (unpaired) electrons. The molecule has 2 aromatic rings. The molecule has 0 spiro atoms. The van der Waals surface area contributed by atoms with Crippen LogP contribution < -0.4 is 4.72 Å². The highest BCUT2D eigenvalue weighted by molar-refractivity contribution is 7.89. The van der Waals surface area contributed by atoms with Gasteiger partial charge in [-0.15, -0.1) is 0 Å². The number of rotatable bonds is 4. The zero-order valence-electron chi connectivity index (χ0n) is 12.7. The van der Waals surface area contributed by atoms with E-state index in [0.717, 1.165) is 0 Å². The van der Waals surface area contributed by atoms with Crippen molar-refractivity contribution in [3.8, 4) is 11.8 Å². The number of hydrogen-bond acceptors (Lipinski definition) is 4. The summed E-state index contributed by atoms with van der Waals surface area (Å²) in [5, 5.41) is 0.506. The first-order valence-corrected chi connectivity index (χ1v) is 8.71. The number of nitrogens with one attached hydrogen (secondary N) is 1. The average molecular weight is 364 g/mol. The standard InChI is InChI=1S/C17H14ClNO4S/c1-23-17(20)14-8-10-15(11-9-14)24(21,22)19-12-4-6-13-5-2-3-7-16(13)18/h2-3,5,7-11,19H,12H2,1H3. The van der Waals surface area contributed by atoms with Crippen LogP contribution in [0, 0.1) is 11.8 Å². The third-order valence-corrected chi connectivity index (χ3v) is 4.78. The molecule has 0 amide bonds. The van der Waals surface area contributed by atoms with Gasteiger partial charge in [0.1, 0.15) is 0 Å². The maximum absolute atomic E-state index is 12.1. The molecule has 0 aliphatic carbocycles. The number of sulfonamides is 1.